The van der Waals surface area contributed by atoms with E-state index in [1.54, 1.807) is 17.0 Å². The highest BCUT2D eigenvalue weighted by Gasteiger charge is 2.34. The van der Waals surface area contributed by atoms with Gasteiger partial charge in [0.05, 0.1) is 42.8 Å². The molecule has 2 amide bonds. The van der Waals surface area contributed by atoms with E-state index in [1.165, 1.54) is 6.20 Å². The van der Waals surface area contributed by atoms with E-state index in [1.807, 2.05) is 13.8 Å². The maximum absolute atomic E-state index is 12.3. The Hall–Kier alpha value is -2.15. The first-order valence-corrected chi connectivity index (χ1v) is 6.71. The van der Waals surface area contributed by atoms with Gasteiger partial charge in [0.1, 0.15) is 0 Å². The molecule has 0 bridgehead atoms. The number of hydrogen-bond acceptors (Lipinski definition) is 4. The first-order valence-electron chi connectivity index (χ1n) is 6.71. The van der Waals surface area contributed by atoms with Crippen LogP contribution in [0.1, 0.15) is 19.5 Å². The van der Waals surface area contributed by atoms with E-state index in [9.17, 15) is 9.59 Å². The number of ether oxygens (including phenoxy) is 1. The highest BCUT2D eigenvalue weighted by molar-refractivity contribution is 5.89. The number of hydrogen-bond donors (Lipinski definition) is 2. The van der Waals surface area contributed by atoms with Gasteiger partial charge in [0.2, 0.25) is 0 Å². The molecule has 2 heterocycles. The smallest absolute Gasteiger partial charge is 0.322 e. The van der Waals surface area contributed by atoms with Crippen molar-refractivity contribution in [3.63, 3.8) is 0 Å². The third-order valence-corrected chi connectivity index (χ3v) is 3.30. The van der Waals surface area contributed by atoms with Crippen LogP contribution in [0.25, 0.3) is 0 Å². The summed E-state index contributed by atoms with van der Waals surface area (Å²) in [5.41, 5.74) is 0.627. The summed E-state index contributed by atoms with van der Waals surface area (Å²) >= 11 is 0. The summed E-state index contributed by atoms with van der Waals surface area (Å²) in [6.45, 7) is 5.44. The van der Waals surface area contributed by atoms with Crippen LogP contribution in [0.4, 0.5) is 10.5 Å². The van der Waals surface area contributed by atoms with Crippen molar-refractivity contribution in [2.45, 2.75) is 25.8 Å². The quantitative estimate of drug-likeness (QED) is 0.877. The molecule has 0 spiro atoms. The Kier molecular flexibility index (Phi) is 4.42. The molecule has 7 nitrogen and oxygen atoms in total. The van der Waals surface area contributed by atoms with Gasteiger partial charge in [0.15, 0.2) is 0 Å². The van der Waals surface area contributed by atoms with Gasteiger partial charge < -0.3 is 20.1 Å². The average Bonchev–Trinajstić information content (AvgIpc) is 2.39. The number of rotatable bonds is 3. The van der Waals surface area contributed by atoms with Crippen LogP contribution in [-0.2, 0) is 16.0 Å². The largest absolute Gasteiger partial charge is 0.481 e. The zero-order valence-electron chi connectivity index (χ0n) is 12.1. The molecule has 0 radical (unpaired) electrons. The first kappa shape index (κ1) is 15.2. The van der Waals surface area contributed by atoms with Crippen molar-refractivity contribution in [2.24, 2.45) is 0 Å². The molecule has 1 aromatic rings. The van der Waals surface area contributed by atoms with E-state index < -0.39 is 5.97 Å². The minimum absolute atomic E-state index is 0.134. The number of aliphatic carboxylic acids is 1. The van der Waals surface area contributed by atoms with E-state index in [0.29, 0.717) is 31.1 Å². The second-order valence-electron chi connectivity index (χ2n) is 5.56. The highest BCUT2D eigenvalue weighted by Crippen LogP contribution is 2.20. The molecule has 0 unspecified atom stereocenters. The molecule has 21 heavy (non-hydrogen) atoms. The fourth-order valence-corrected chi connectivity index (χ4v) is 2.18. The van der Waals surface area contributed by atoms with Crippen molar-refractivity contribution in [1.82, 2.24) is 9.88 Å². The molecule has 2 N–H and O–H groups in total. The number of anilines is 1. The van der Waals surface area contributed by atoms with Gasteiger partial charge in [-0.2, -0.15) is 0 Å². The normalized spacial score (nSPS) is 17.3. The fourth-order valence-electron chi connectivity index (χ4n) is 2.18. The summed E-state index contributed by atoms with van der Waals surface area (Å²) in [6.07, 6.45) is 1.33. The fraction of sp³-hybridized carbons (Fsp3) is 0.500. The monoisotopic (exact) mass is 293 g/mol. The van der Waals surface area contributed by atoms with Crippen molar-refractivity contribution in [2.75, 3.05) is 25.1 Å². The third kappa shape index (κ3) is 3.91. The van der Waals surface area contributed by atoms with Gasteiger partial charge in [0, 0.05) is 6.54 Å². The molecule has 1 aliphatic heterocycles. The number of carboxylic acids is 1. The van der Waals surface area contributed by atoms with Crippen molar-refractivity contribution >= 4 is 17.7 Å². The van der Waals surface area contributed by atoms with E-state index in [4.69, 9.17) is 9.84 Å². The Morgan fingerprint density at radius 1 is 1.48 bits per heavy atom. The molecular weight excluding hydrogens is 274 g/mol. The predicted octanol–water partition coefficient (Wildman–Crippen LogP) is 1.35. The first-order chi connectivity index (χ1) is 9.88. The van der Waals surface area contributed by atoms with Gasteiger partial charge >= 0.3 is 12.0 Å². The minimum Gasteiger partial charge on any atom is -0.481 e. The number of carbonyl (C=O) groups excluding carboxylic acids is 1. The Morgan fingerprint density at radius 3 is 2.81 bits per heavy atom. The lowest BCUT2D eigenvalue weighted by Gasteiger charge is -2.41. The van der Waals surface area contributed by atoms with Crippen LogP contribution in [0.15, 0.2) is 18.3 Å². The lowest BCUT2D eigenvalue weighted by molar-refractivity contribution is -0.136. The standard InChI is InChI=1S/C14H19N3O4/c1-14(2)9-21-6-5-17(14)13(20)16-11-4-3-10(15-8-11)7-12(18)19/h3-4,8H,5-7,9H2,1-2H3,(H,16,20)(H,18,19). The van der Waals surface area contributed by atoms with E-state index in [2.05, 4.69) is 10.3 Å². The Balaban J connectivity index is 2.00. The molecule has 7 heteroatoms. The van der Waals surface area contributed by atoms with Gasteiger partial charge in [-0.1, -0.05) is 0 Å². The van der Waals surface area contributed by atoms with Crippen LogP contribution >= 0.6 is 0 Å². The number of morpholine rings is 1. The van der Waals surface area contributed by atoms with Gasteiger partial charge in [-0.25, -0.2) is 4.79 Å². The van der Waals surface area contributed by atoms with E-state index in [0.717, 1.165) is 0 Å². The number of aromatic nitrogens is 1. The highest BCUT2D eigenvalue weighted by atomic mass is 16.5. The predicted molar refractivity (Wildman–Crippen MR) is 76.2 cm³/mol. The number of carboxylic acid groups (broad SMARTS) is 1. The summed E-state index contributed by atoms with van der Waals surface area (Å²) in [7, 11) is 0. The number of urea groups is 1. The Labute approximate surface area is 122 Å². The van der Waals surface area contributed by atoms with Gasteiger partial charge in [0.25, 0.3) is 0 Å². The Bertz CT molecular complexity index is 528. The summed E-state index contributed by atoms with van der Waals surface area (Å²) < 4.78 is 5.38. The number of carbonyl (C=O) groups is 2. The summed E-state index contributed by atoms with van der Waals surface area (Å²) in [6, 6.07) is 3.03. The lowest BCUT2D eigenvalue weighted by Crippen LogP contribution is -2.56. The molecule has 114 valence electrons. The topological polar surface area (TPSA) is 91.8 Å². The van der Waals surface area contributed by atoms with Crippen molar-refractivity contribution in [3.05, 3.63) is 24.0 Å². The van der Waals surface area contributed by atoms with Crippen molar-refractivity contribution in [3.8, 4) is 0 Å². The second-order valence-corrected chi connectivity index (χ2v) is 5.56. The van der Waals surface area contributed by atoms with Crippen LogP contribution in [0.3, 0.4) is 0 Å². The van der Waals surface area contributed by atoms with Crippen molar-refractivity contribution in [1.29, 1.82) is 0 Å². The third-order valence-electron chi connectivity index (χ3n) is 3.30. The maximum atomic E-state index is 12.3. The molecule has 2 rings (SSSR count). The van der Waals surface area contributed by atoms with Crippen LogP contribution in [0, 0.1) is 0 Å². The van der Waals surface area contributed by atoms with Crippen molar-refractivity contribution < 1.29 is 19.4 Å². The van der Waals surface area contributed by atoms with Crippen LogP contribution in [0.5, 0.6) is 0 Å². The molecular formula is C14H19N3O4. The number of amides is 2. The molecule has 0 atom stereocenters. The summed E-state index contributed by atoms with van der Waals surface area (Å²) in [5, 5.41) is 11.5. The minimum atomic E-state index is -0.936. The molecule has 1 saturated heterocycles. The Morgan fingerprint density at radius 2 is 2.24 bits per heavy atom. The van der Waals surface area contributed by atoms with Gasteiger partial charge in [-0.15, -0.1) is 0 Å². The van der Waals surface area contributed by atoms with E-state index in [-0.39, 0.29) is 18.0 Å². The molecule has 1 fully saturated rings. The molecule has 0 aromatic carbocycles. The van der Waals surface area contributed by atoms with Crippen LogP contribution in [-0.4, -0.2) is 52.3 Å². The second kappa shape index (κ2) is 6.09. The van der Waals surface area contributed by atoms with E-state index >= 15 is 0 Å². The summed E-state index contributed by atoms with van der Waals surface area (Å²) in [4.78, 5) is 28.6. The average molecular weight is 293 g/mol. The maximum Gasteiger partial charge on any atom is 0.322 e. The van der Waals surface area contributed by atoms with Crippen LogP contribution < -0.4 is 5.32 Å². The number of pyridine rings is 1. The SMILES string of the molecule is CC1(C)COCCN1C(=O)Nc1ccc(CC(=O)O)nc1. The lowest BCUT2D eigenvalue weighted by atomic mass is 10.0. The summed E-state index contributed by atoms with van der Waals surface area (Å²) in [5.74, 6) is -0.936. The molecule has 0 aliphatic carbocycles. The molecule has 1 aromatic heterocycles. The van der Waals surface area contributed by atoms with Gasteiger partial charge in [-0.05, 0) is 26.0 Å². The zero-order chi connectivity index (χ0) is 15.5. The number of nitrogens with zero attached hydrogens (tertiary/aromatic N) is 2. The number of nitrogens with one attached hydrogen (secondary N) is 1. The molecule has 1 aliphatic rings. The van der Waals surface area contributed by atoms with Crippen LogP contribution in [0.2, 0.25) is 0 Å². The zero-order valence-corrected chi connectivity index (χ0v) is 12.1. The van der Waals surface area contributed by atoms with Gasteiger partial charge in [-0.3, -0.25) is 9.78 Å². The molecule has 0 saturated carbocycles.